The van der Waals surface area contributed by atoms with Crippen LogP contribution in [0.15, 0.2) is 6.33 Å². The molecule has 1 aliphatic heterocycles. The van der Waals surface area contributed by atoms with Crippen LogP contribution in [0.3, 0.4) is 0 Å². The summed E-state index contributed by atoms with van der Waals surface area (Å²) < 4.78 is 36.8. The molecule has 0 amide bonds. The fraction of sp³-hybridized carbons (Fsp3) is 0.739. The van der Waals surface area contributed by atoms with Gasteiger partial charge in [-0.1, -0.05) is 27.7 Å². The number of nitrogens with zero attached hydrogens (tertiary/aromatic N) is 4. The molecule has 0 spiro atoms. The fourth-order valence-electron chi connectivity index (χ4n) is 4.22. The van der Waals surface area contributed by atoms with E-state index < -0.39 is 31.0 Å². The van der Waals surface area contributed by atoms with Crippen molar-refractivity contribution in [2.24, 2.45) is 11.8 Å². The first-order valence-electron chi connectivity index (χ1n) is 12.6. The van der Waals surface area contributed by atoms with Crippen LogP contribution in [0.4, 0.5) is 5.95 Å². The smallest absolute Gasteiger partial charge is 0.403 e. The van der Waals surface area contributed by atoms with Gasteiger partial charge in [0.15, 0.2) is 17.4 Å². The number of ether oxygens (including phenoxy) is 3. The number of hydrogen-bond donors (Lipinski definition) is 3. The van der Waals surface area contributed by atoms with E-state index in [0.717, 1.165) is 0 Å². The van der Waals surface area contributed by atoms with Crippen molar-refractivity contribution in [3.8, 4) is 5.88 Å². The molecule has 0 bridgehead atoms. The molecule has 2 aromatic rings. The average Bonchev–Trinajstić information content (AvgIpc) is 3.34. The SMILES string of the molecule is CCOc1nc(N)nc2c1ncn2[C@@H]1O[C@H](COP(=O)(O)N[C@H](COC(=O)C(C)C)CC(C)C)C[C@@]1(C)Cl. The summed E-state index contributed by atoms with van der Waals surface area (Å²) in [4.78, 5) is 34.2. The standard InChI is InChI=1S/C23H38ClN6O7P/c1-7-34-19-17-18(27-22(25)28-19)30(12-26-17)21-23(6,24)9-16(37-21)11-36-38(32,33)29-15(8-13(2)3)10-35-20(31)14(4)5/h12-16,21H,7-11H2,1-6H3,(H2,25,27,28)(H2,29,32,33)/t15-,16-,21+,23+/m0/s1. The second-order valence-corrected chi connectivity index (χ2v) is 12.7. The summed E-state index contributed by atoms with van der Waals surface area (Å²) in [6, 6.07) is -0.564. The van der Waals surface area contributed by atoms with Crippen molar-refractivity contribution in [2.75, 3.05) is 25.6 Å². The van der Waals surface area contributed by atoms with Crippen molar-refractivity contribution in [3.63, 3.8) is 0 Å². The molecule has 214 valence electrons. The third kappa shape index (κ3) is 7.77. The Balaban J connectivity index is 1.68. The third-order valence-corrected chi connectivity index (χ3v) is 7.37. The Morgan fingerprint density at radius 2 is 2.11 bits per heavy atom. The van der Waals surface area contributed by atoms with Gasteiger partial charge in [0.05, 0.1) is 42.5 Å². The predicted molar refractivity (Wildman–Crippen MR) is 142 cm³/mol. The molecular weight excluding hydrogens is 539 g/mol. The Hall–Kier alpha value is -2.02. The lowest BCUT2D eigenvalue weighted by Crippen LogP contribution is -2.35. The Bertz CT molecular complexity index is 1160. The van der Waals surface area contributed by atoms with Gasteiger partial charge in [-0.25, -0.2) is 14.6 Å². The number of imidazole rings is 1. The number of nitrogens with two attached hydrogens (primary N) is 1. The van der Waals surface area contributed by atoms with Crippen LogP contribution in [0.5, 0.6) is 5.88 Å². The first kappa shape index (κ1) is 30.5. The quantitative estimate of drug-likeness (QED) is 0.180. The maximum absolute atomic E-state index is 12.9. The first-order chi connectivity index (χ1) is 17.7. The second kappa shape index (κ2) is 12.4. The Kier molecular flexibility index (Phi) is 9.99. The zero-order valence-corrected chi connectivity index (χ0v) is 24.2. The topological polar surface area (TPSA) is 173 Å². The van der Waals surface area contributed by atoms with Crippen molar-refractivity contribution < 1.29 is 33.0 Å². The predicted octanol–water partition coefficient (Wildman–Crippen LogP) is 3.41. The molecule has 15 heteroatoms. The number of aromatic nitrogens is 4. The number of fused-ring (bicyclic) bond motifs is 1. The highest BCUT2D eigenvalue weighted by atomic mass is 35.5. The highest BCUT2D eigenvalue weighted by Crippen LogP contribution is 2.46. The molecule has 5 atom stereocenters. The Labute approximate surface area is 227 Å². The number of esters is 1. The summed E-state index contributed by atoms with van der Waals surface area (Å²) in [5, 5.41) is 2.61. The lowest BCUT2D eigenvalue weighted by atomic mass is 10.1. The minimum Gasteiger partial charge on any atom is -0.476 e. The number of nitrogens with one attached hydrogen (secondary N) is 1. The first-order valence-corrected chi connectivity index (χ1v) is 14.6. The van der Waals surface area contributed by atoms with Crippen LogP contribution in [0.2, 0.25) is 0 Å². The summed E-state index contributed by atoms with van der Waals surface area (Å²) in [5.74, 6) is -0.226. The van der Waals surface area contributed by atoms with Gasteiger partial charge in [-0.2, -0.15) is 9.97 Å². The number of alkyl halides is 1. The molecule has 1 saturated heterocycles. The molecule has 0 saturated carbocycles. The Morgan fingerprint density at radius 1 is 1.39 bits per heavy atom. The lowest BCUT2D eigenvalue weighted by molar-refractivity contribution is -0.148. The molecule has 0 radical (unpaired) electrons. The van der Waals surface area contributed by atoms with Crippen LogP contribution in [0.25, 0.3) is 11.2 Å². The number of halogens is 1. The number of carbonyl (C=O) groups excluding carboxylic acids is 1. The Morgan fingerprint density at radius 3 is 2.74 bits per heavy atom. The lowest BCUT2D eigenvalue weighted by Gasteiger charge is -2.24. The third-order valence-electron chi connectivity index (χ3n) is 5.84. The molecule has 38 heavy (non-hydrogen) atoms. The molecule has 0 aliphatic carbocycles. The number of hydrogen-bond acceptors (Lipinski definition) is 10. The maximum atomic E-state index is 12.9. The molecule has 1 fully saturated rings. The number of rotatable bonds is 13. The fourth-order valence-corrected chi connectivity index (χ4v) is 5.63. The molecule has 0 aromatic carbocycles. The van der Waals surface area contributed by atoms with E-state index in [4.69, 9.17) is 36.1 Å². The van der Waals surface area contributed by atoms with E-state index in [1.54, 1.807) is 25.3 Å². The molecule has 3 heterocycles. The summed E-state index contributed by atoms with van der Waals surface area (Å²) in [7, 11) is -4.26. The van der Waals surface area contributed by atoms with E-state index in [9.17, 15) is 14.3 Å². The number of anilines is 1. The van der Waals surface area contributed by atoms with Crippen LogP contribution in [-0.4, -0.2) is 67.2 Å². The minimum absolute atomic E-state index is 0.0131. The van der Waals surface area contributed by atoms with Crippen LogP contribution < -0.4 is 15.6 Å². The molecule has 4 N–H and O–H groups in total. The molecule has 2 aromatic heterocycles. The summed E-state index contributed by atoms with van der Waals surface area (Å²) in [6.07, 6.45) is 1.02. The van der Waals surface area contributed by atoms with E-state index in [-0.39, 0.29) is 42.8 Å². The summed E-state index contributed by atoms with van der Waals surface area (Å²) in [5.41, 5.74) is 6.67. The second-order valence-electron chi connectivity index (χ2n) is 10.3. The molecule has 13 nitrogen and oxygen atoms in total. The van der Waals surface area contributed by atoms with Gasteiger partial charge in [-0.05, 0) is 32.6 Å². The average molecular weight is 577 g/mol. The highest BCUT2D eigenvalue weighted by molar-refractivity contribution is 7.50. The minimum atomic E-state index is -4.26. The monoisotopic (exact) mass is 576 g/mol. The summed E-state index contributed by atoms with van der Waals surface area (Å²) in [6.45, 7) is 11.1. The van der Waals surface area contributed by atoms with E-state index in [1.165, 1.54) is 6.33 Å². The van der Waals surface area contributed by atoms with E-state index in [0.29, 0.717) is 30.6 Å². The highest BCUT2D eigenvalue weighted by Gasteiger charge is 2.46. The van der Waals surface area contributed by atoms with Crippen molar-refractivity contribution in [2.45, 2.75) is 77.6 Å². The molecule has 1 unspecified atom stereocenters. The van der Waals surface area contributed by atoms with Crippen LogP contribution in [-0.2, 0) is 23.4 Å². The van der Waals surface area contributed by atoms with Crippen LogP contribution >= 0.6 is 19.3 Å². The van der Waals surface area contributed by atoms with Gasteiger partial charge in [0, 0.05) is 0 Å². The largest absolute Gasteiger partial charge is 0.476 e. The maximum Gasteiger partial charge on any atom is 0.403 e. The van der Waals surface area contributed by atoms with E-state index in [2.05, 4.69) is 20.0 Å². The van der Waals surface area contributed by atoms with Crippen molar-refractivity contribution in [1.29, 1.82) is 0 Å². The van der Waals surface area contributed by atoms with Gasteiger partial charge < -0.3 is 24.8 Å². The van der Waals surface area contributed by atoms with Gasteiger partial charge in [0.1, 0.15) is 6.61 Å². The zero-order valence-electron chi connectivity index (χ0n) is 22.6. The zero-order chi connectivity index (χ0) is 28.3. The van der Waals surface area contributed by atoms with Gasteiger partial charge in [-0.3, -0.25) is 13.9 Å². The summed E-state index contributed by atoms with van der Waals surface area (Å²) >= 11 is 6.82. The van der Waals surface area contributed by atoms with E-state index >= 15 is 0 Å². The van der Waals surface area contributed by atoms with E-state index in [1.807, 2.05) is 20.8 Å². The van der Waals surface area contributed by atoms with Gasteiger partial charge in [-0.15, -0.1) is 11.6 Å². The van der Waals surface area contributed by atoms with Crippen molar-refractivity contribution in [3.05, 3.63) is 6.33 Å². The van der Waals surface area contributed by atoms with Gasteiger partial charge in [0.2, 0.25) is 11.8 Å². The normalized spacial score (nSPS) is 24.2. The molecule has 3 rings (SSSR count). The molecular formula is C23H38ClN6O7P. The van der Waals surface area contributed by atoms with Crippen LogP contribution in [0.1, 0.15) is 60.6 Å². The molecule has 1 aliphatic rings. The number of nitrogen functional groups attached to an aromatic ring is 1. The van der Waals surface area contributed by atoms with Crippen LogP contribution in [0, 0.1) is 11.8 Å². The number of carbonyl (C=O) groups is 1. The van der Waals surface area contributed by atoms with Crippen molar-refractivity contribution in [1.82, 2.24) is 24.6 Å². The van der Waals surface area contributed by atoms with Gasteiger partial charge in [0.25, 0.3) is 0 Å². The van der Waals surface area contributed by atoms with Gasteiger partial charge >= 0.3 is 13.7 Å². The van der Waals surface area contributed by atoms with Crippen molar-refractivity contribution >= 4 is 42.4 Å².